The molecule has 19 heavy (non-hydrogen) atoms. The van der Waals surface area contributed by atoms with E-state index in [0.29, 0.717) is 17.3 Å². The van der Waals surface area contributed by atoms with Crippen molar-refractivity contribution in [2.24, 2.45) is 0 Å². The molecule has 0 spiro atoms. The van der Waals surface area contributed by atoms with Crippen LogP contribution in [0.1, 0.15) is 5.69 Å². The van der Waals surface area contributed by atoms with Crippen molar-refractivity contribution in [2.45, 2.75) is 6.54 Å². The van der Waals surface area contributed by atoms with Gasteiger partial charge in [0.05, 0.1) is 34.1 Å². The first-order valence-corrected chi connectivity index (χ1v) is 5.85. The summed E-state index contributed by atoms with van der Waals surface area (Å²) in [5.41, 5.74) is 1.47. The van der Waals surface area contributed by atoms with Gasteiger partial charge in [0.25, 0.3) is 5.69 Å². The molecule has 98 valence electrons. The molecule has 1 aromatic carbocycles. The normalized spacial score (nSPS) is 10.2. The molecular formula is C12H11ClN4O2. The van der Waals surface area contributed by atoms with Crippen molar-refractivity contribution in [2.75, 3.05) is 11.9 Å². The topological polar surface area (TPSA) is 72.2 Å². The maximum atomic E-state index is 10.6. The summed E-state index contributed by atoms with van der Waals surface area (Å²) in [6.07, 6.45) is 4.87. The lowest BCUT2D eigenvalue weighted by atomic mass is 10.2. The summed E-state index contributed by atoms with van der Waals surface area (Å²) in [5.74, 6) is 0. The summed E-state index contributed by atoms with van der Waals surface area (Å²) in [6.45, 7) is 0.519. The first kappa shape index (κ1) is 13.2. The minimum Gasteiger partial charge on any atom is -0.367 e. The lowest BCUT2D eigenvalue weighted by Gasteiger charge is -2.19. The van der Waals surface area contributed by atoms with Crippen LogP contribution in [0.4, 0.5) is 11.4 Å². The molecule has 0 atom stereocenters. The van der Waals surface area contributed by atoms with Gasteiger partial charge < -0.3 is 4.90 Å². The molecule has 0 radical (unpaired) electrons. The number of hydrogen-bond acceptors (Lipinski definition) is 5. The highest BCUT2D eigenvalue weighted by molar-refractivity contribution is 6.33. The molecule has 0 amide bonds. The quantitative estimate of drug-likeness (QED) is 0.635. The minimum absolute atomic E-state index is 0.0262. The number of rotatable bonds is 4. The van der Waals surface area contributed by atoms with Gasteiger partial charge in [-0.3, -0.25) is 20.1 Å². The van der Waals surface area contributed by atoms with Crippen LogP contribution >= 0.6 is 11.6 Å². The molecule has 0 aliphatic carbocycles. The van der Waals surface area contributed by atoms with E-state index in [1.807, 2.05) is 11.9 Å². The fourth-order valence-corrected chi connectivity index (χ4v) is 1.98. The van der Waals surface area contributed by atoms with Crippen LogP contribution in [0.15, 0.2) is 36.8 Å². The van der Waals surface area contributed by atoms with E-state index in [9.17, 15) is 10.1 Å². The Labute approximate surface area is 114 Å². The molecule has 7 heteroatoms. The van der Waals surface area contributed by atoms with Crippen LogP contribution < -0.4 is 4.90 Å². The van der Waals surface area contributed by atoms with Crippen molar-refractivity contribution in [1.82, 2.24) is 9.97 Å². The standard InChI is InChI=1S/C12H11ClN4O2/c1-16(8-9-7-14-4-5-15-9)12-3-2-10(17(18)19)6-11(12)13/h2-7H,8H2,1H3. The molecule has 0 N–H and O–H groups in total. The Kier molecular flexibility index (Phi) is 3.91. The molecule has 2 rings (SSSR count). The Morgan fingerprint density at radius 2 is 2.21 bits per heavy atom. The number of nitro benzene ring substituents is 1. The Bertz CT molecular complexity index is 592. The van der Waals surface area contributed by atoms with E-state index < -0.39 is 4.92 Å². The van der Waals surface area contributed by atoms with E-state index in [0.717, 1.165) is 5.69 Å². The summed E-state index contributed by atoms with van der Waals surface area (Å²) in [4.78, 5) is 20.2. The zero-order chi connectivity index (χ0) is 13.8. The van der Waals surface area contributed by atoms with Gasteiger partial charge >= 0.3 is 0 Å². The van der Waals surface area contributed by atoms with Gasteiger partial charge in [-0.25, -0.2) is 0 Å². The molecule has 0 unspecified atom stereocenters. The average Bonchev–Trinajstić information content (AvgIpc) is 2.39. The van der Waals surface area contributed by atoms with Crippen molar-refractivity contribution in [3.63, 3.8) is 0 Å². The molecule has 0 fully saturated rings. The van der Waals surface area contributed by atoms with Crippen LogP contribution in [0.5, 0.6) is 0 Å². The maximum Gasteiger partial charge on any atom is 0.271 e. The average molecular weight is 279 g/mol. The number of aromatic nitrogens is 2. The third kappa shape index (κ3) is 3.17. The van der Waals surface area contributed by atoms with Crippen molar-refractivity contribution < 1.29 is 4.92 Å². The van der Waals surface area contributed by atoms with Gasteiger partial charge in [0.15, 0.2) is 0 Å². The molecule has 0 saturated heterocycles. The Balaban J connectivity index is 2.20. The van der Waals surface area contributed by atoms with E-state index in [1.54, 1.807) is 24.7 Å². The van der Waals surface area contributed by atoms with Gasteiger partial charge in [0.2, 0.25) is 0 Å². The SMILES string of the molecule is CN(Cc1cnccn1)c1ccc([N+](=O)[O-])cc1Cl. The highest BCUT2D eigenvalue weighted by Gasteiger charge is 2.12. The van der Waals surface area contributed by atoms with E-state index in [-0.39, 0.29) is 5.69 Å². The molecular weight excluding hydrogens is 268 g/mol. The molecule has 0 aliphatic rings. The zero-order valence-electron chi connectivity index (χ0n) is 10.2. The van der Waals surface area contributed by atoms with Gasteiger partial charge in [-0.15, -0.1) is 0 Å². The number of non-ortho nitro benzene ring substituents is 1. The number of benzene rings is 1. The Hall–Kier alpha value is -2.21. The van der Waals surface area contributed by atoms with Crippen LogP contribution in [0.2, 0.25) is 5.02 Å². The monoisotopic (exact) mass is 278 g/mol. The van der Waals surface area contributed by atoms with Crippen LogP contribution in [0.25, 0.3) is 0 Å². The summed E-state index contributed by atoms with van der Waals surface area (Å²) in [7, 11) is 1.84. The van der Waals surface area contributed by atoms with Gasteiger partial charge in [0.1, 0.15) is 0 Å². The lowest BCUT2D eigenvalue weighted by molar-refractivity contribution is -0.384. The van der Waals surface area contributed by atoms with Crippen molar-refractivity contribution >= 4 is 23.0 Å². The number of halogens is 1. The molecule has 1 heterocycles. The molecule has 0 bridgehead atoms. The van der Waals surface area contributed by atoms with Gasteiger partial charge in [-0.2, -0.15) is 0 Å². The van der Waals surface area contributed by atoms with Gasteiger partial charge in [-0.05, 0) is 6.07 Å². The van der Waals surface area contributed by atoms with Crippen molar-refractivity contribution in [3.8, 4) is 0 Å². The van der Waals surface area contributed by atoms with E-state index >= 15 is 0 Å². The third-order valence-corrected chi connectivity index (χ3v) is 2.87. The molecule has 2 aromatic rings. The highest BCUT2D eigenvalue weighted by Crippen LogP contribution is 2.29. The summed E-state index contributed by atoms with van der Waals surface area (Å²) in [5, 5.41) is 11.0. The van der Waals surface area contributed by atoms with Gasteiger partial charge in [-0.1, -0.05) is 11.6 Å². The van der Waals surface area contributed by atoms with Crippen LogP contribution in [-0.4, -0.2) is 21.9 Å². The van der Waals surface area contributed by atoms with Crippen LogP contribution in [0, 0.1) is 10.1 Å². The number of nitro groups is 1. The second-order valence-corrected chi connectivity index (χ2v) is 4.35. The second-order valence-electron chi connectivity index (χ2n) is 3.95. The van der Waals surface area contributed by atoms with E-state index in [2.05, 4.69) is 9.97 Å². The number of hydrogen-bond donors (Lipinski definition) is 0. The lowest BCUT2D eigenvalue weighted by Crippen LogP contribution is -2.17. The predicted octanol–water partition coefficient (Wildman–Crippen LogP) is 2.67. The van der Waals surface area contributed by atoms with Crippen LogP contribution in [-0.2, 0) is 6.54 Å². The largest absolute Gasteiger partial charge is 0.367 e. The second kappa shape index (κ2) is 5.62. The maximum absolute atomic E-state index is 10.6. The van der Waals surface area contributed by atoms with Crippen molar-refractivity contribution in [3.05, 3.63) is 57.6 Å². The first-order valence-electron chi connectivity index (χ1n) is 5.48. The third-order valence-electron chi connectivity index (χ3n) is 2.57. The van der Waals surface area contributed by atoms with E-state index in [1.165, 1.54) is 12.1 Å². The minimum atomic E-state index is -0.474. The molecule has 0 aliphatic heterocycles. The predicted molar refractivity (Wildman–Crippen MR) is 72.2 cm³/mol. The summed E-state index contributed by atoms with van der Waals surface area (Å²) >= 11 is 6.05. The Morgan fingerprint density at radius 3 is 2.79 bits per heavy atom. The zero-order valence-corrected chi connectivity index (χ0v) is 10.9. The number of anilines is 1. The summed E-state index contributed by atoms with van der Waals surface area (Å²) in [6, 6.07) is 4.38. The van der Waals surface area contributed by atoms with Crippen molar-refractivity contribution in [1.29, 1.82) is 0 Å². The van der Waals surface area contributed by atoms with Crippen LogP contribution in [0.3, 0.4) is 0 Å². The first-order chi connectivity index (χ1) is 9.08. The summed E-state index contributed by atoms with van der Waals surface area (Å²) < 4.78 is 0. The fraction of sp³-hybridized carbons (Fsp3) is 0.167. The number of nitrogens with zero attached hydrogens (tertiary/aromatic N) is 4. The molecule has 0 saturated carbocycles. The highest BCUT2D eigenvalue weighted by atomic mass is 35.5. The smallest absolute Gasteiger partial charge is 0.271 e. The molecule has 6 nitrogen and oxygen atoms in total. The van der Waals surface area contributed by atoms with E-state index in [4.69, 9.17) is 11.6 Å². The Morgan fingerprint density at radius 1 is 1.42 bits per heavy atom. The molecule has 1 aromatic heterocycles. The fourth-order valence-electron chi connectivity index (χ4n) is 1.66. The van der Waals surface area contributed by atoms with Gasteiger partial charge in [0, 0.05) is 31.6 Å².